The zero-order chi connectivity index (χ0) is 15.2. The first-order valence-electron chi connectivity index (χ1n) is 7.77. The van der Waals surface area contributed by atoms with Crippen LogP contribution in [0.15, 0.2) is 10.9 Å². The van der Waals surface area contributed by atoms with Gasteiger partial charge in [-0.3, -0.25) is 14.7 Å². The number of aromatic nitrogens is 2. The van der Waals surface area contributed by atoms with E-state index in [1.54, 1.807) is 6.07 Å². The first-order valence-corrected chi connectivity index (χ1v) is 7.77. The summed E-state index contributed by atoms with van der Waals surface area (Å²) < 4.78 is 0. The van der Waals surface area contributed by atoms with E-state index in [-0.39, 0.29) is 12.2 Å². The Bertz CT molecular complexity index is 493. The summed E-state index contributed by atoms with van der Waals surface area (Å²) in [5.41, 5.74) is 0.803. The molecule has 1 fully saturated rings. The first-order chi connectivity index (χ1) is 10.1. The highest BCUT2D eigenvalue weighted by Gasteiger charge is 2.18. The Morgan fingerprint density at radius 1 is 1.33 bits per heavy atom. The second-order valence-corrected chi connectivity index (χ2v) is 6.05. The van der Waals surface area contributed by atoms with Crippen LogP contribution in [0.4, 0.5) is 5.95 Å². The molecule has 1 saturated heterocycles. The number of rotatable bonds is 6. The van der Waals surface area contributed by atoms with Crippen LogP contribution in [0.3, 0.4) is 0 Å². The van der Waals surface area contributed by atoms with E-state index in [9.17, 15) is 4.79 Å². The number of nitrogens with one attached hydrogen (secondary N) is 1. The van der Waals surface area contributed by atoms with Gasteiger partial charge in [-0.05, 0) is 18.8 Å². The van der Waals surface area contributed by atoms with Crippen molar-refractivity contribution in [3.8, 4) is 0 Å². The predicted molar refractivity (Wildman–Crippen MR) is 83.8 cm³/mol. The maximum absolute atomic E-state index is 11.8. The third-order valence-corrected chi connectivity index (χ3v) is 3.85. The Labute approximate surface area is 125 Å². The third kappa shape index (κ3) is 4.82. The van der Waals surface area contributed by atoms with E-state index in [1.165, 1.54) is 0 Å². The average molecular weight is 294 g/mol. The molecule has 6 heteroatoms. The van der Waals surface area contributed by atoms with Gasteiger partial charge in [0.25, 0.3) is 5.56 Å². The highest BCUT2D eigenvalue weighted by Crippen LogP contribution is 2.12. The Morgan fingerprint density at radius 3 is 2.67 bits per heavy atom. The van der Waals surface area contributed by atoms with Gasteiger partial charge in [-0.15, -0.1) is 0 Å². The zero-order valence-corrected chi connectivity index (χ0v) is 13.0. The van der Waals surface area contributed by atoms with E-state index in [0.29, 0.717) is 18.4 Å². The lowest BCUT2D eigenvalue weighted by atomic mass is 10.1. The van der Waals surface area contributed by atoms with E-state index in [1.807, 2.05) is 0 Å². The van der Waals surface area contributed by atoms with E-state index < -0.39 is 0 Å². The molecule has 0 spiro atoms. The largest absolute Gasteiger partial charge is 0.395 e. The van der Waals surface area contributed by atoms with Crippen molar-refractivity contribution in [1.29, 1.82) is 0 Å². The third-order valence-electron chi connectivity index (χ3n) is 3.85. The van der Waals surface area contributed by atoms with Crippen LogP contribution >= 0.6 is 0 Å². The Hall–Kier alpha value is -1.40. The van der Waals surface area contributed by atoms with Crippen molar-refractivity contribution in [2.24, 2.45) is 5.92 Å². The van der Waals surface area contributed by atoms with E-state index in [4.69, 9.17) is 5.11 Å². The molecule has 0 bridgehead atoms. The fourth-order valence-electron chi connectivity index (χ4n) is 2.53. The molecule has 0 saturated carbocycles. The standard InChI is InChI=1S/C15H26N4O2/c1-12(2)3-4-13-11-14(21)17-15(16-13)19-7-5-18(6-8-19)9-10-20/h11-12,20H,3-10H2,1-2H3,(H,16,17,21). The summed E-state index contributed by atoms with van der Waals surface area (Å²) in [4.78, 5) is 23.6. The van der Waals surface area contributed by atoms with Crippen LogP contribution in [0.5, 0.6) is 0 Å². The van der Waals surface area contributed by atoms with E-state index in [2.05, 4.69) is 33.6 Å². The molecule has 1 aromatic rings. The highest BCUT2D eigenvalue weighted by atomic mass is 16.3. The number of aliphatic hydroxyl groups is 1. The molecular formula is C15H26N4O2. The van der Waals surface area contributed by atoms with Crippen LogP contribution in [-0.4, -0.2) is 59.3 Å². The summed E-state index contributed by atoms with van der Waals surface area (Å²) in [6.07, 6.45) is 1.89. The number of hydrogen-bond acceptors (Lipinski definition) is 5. The van der Waals surface area contributed by atoms with Crippen molar-refractivity contribution in [2.45, 2.75) is 26.7 Å². The number of aliphatic hydroxyl groups excluding tert-OH is 1. The first kappa shape index (κ1) is 16.0. The molecule has 6 nitrogen and oxygen atoms in total. The number of β-amino-alcohol motifs (C(OH)–C–C–N with tert-alkyl or cyclic N) is 1. The molecule has 0 aromatic carbocycles. The van der Waals surface area contributed by atoms with E-state index >= 15 is 0 Å². The topological polar surface area (TPSA) is 72.5 Å². The van der Waals surface area contributed by atoms with Crippen molar-refractivity contribution >= 4 is 5.95 Å². The fraction of sp³-hybridized carbons (Fsp3) is 0.733. The van der Waals surface area contributed by atoms with Gasteiger partial charge in [0.05, 0.1) is 6.61 Å². The lowest BCUT2D eigenvalue weighted by molar-refractivity contribution is 0.188. The van der Waals surface area contributed by atoms with Crippen molar-refractivity contribution in [2.75, 3.05) is 44.2 Å². The molecule has 21 heavy (non-hydrogen) atoms. The summed E-state index contributed by atoms with van der Waals surface area (Å²) >= 11 is 0. The second kappa shape index (κ2) is 7.56. The molecule has 2 N–H and O–H groups in total. The van der Waals surface area contributed by atoms with Gasteiger partial charge >= 0.3 is 0 Å². The van der Waals surface area contributed by atoms with Crippen LogP contribution in [-0.2, 0) is 6.42 Å². The minimum Gasteiger partial charge on any atom is -0.395 e. The maximum Gasteiger partial charge on any atom is 0.252 e. The van der Waals surface area contributed by atoms with Gasteiger partial charge in [-0.25, -0.2) is 4.98 Å². The van der Waals surface area contributed by atoms with Crippen LogP contribution in [0, 0.1) is 5.92 Å². The van der Waals surface area contributed by atoms with Gasteiger partial charge in [0.2, 0.25) is 5.95 Å². The highest BCUT2D eigenvalue weighted by molar-refractivity contribution is 5.31. The molecule has 118 valence electrons. The molecule has 0 radical (unpaired) electrons. The van der Waals surface area contributed by atoms with Crippen molar-refractivity contribution in [3.63, 3.8) is 0 Å². The van der Waals surface area contributed by atoms with Crippen molar-refractivity contribution in [3.05, 3.63) is 22.1 Å². The molecule has 2 rings (SSSR count). The Morgan fingerprint density at radius 2 is 2.05 bits per heavy atom. The van der Waals surface area contributed by atoms with Crippen LogP contribution in [0.2, 0.25) is 0 Å². The number of aryl methyl sites for hydroxylation is 1. The minimum absolute atomic E-state index is 0.0726. The number of aromatic amines is 1. The normalized spacial score (nSPS) is 16.7. The minimum atomic E-state index is -0.0726. The molecule has 0 atom stereocenters. The molecule has 0 unspecified atom stereocenters. The zero-order valence-electron chi connectivity index (χ0n) is 13.0. The fourth-order valence-corrected chi connectivity index (χ4v) is 2.53. The molecule has 0 aliphatic carbocycles. The molecule has 2 heterocycles. The van der Waals surface area contributed by atoms with Crippen LogP contribution < -0.4 is 10.5 Å². The summed E-state index contributed by atoms with van der Waals surface area (Å²) in [6, 6.07) is 1.61. The SMILES string of the molecule is CC(C)CCc1cc(=O)[nH]c(N2CCN(CCO)CC2)n1. The number of piperazine rings is 1. The molecule has 0 amide bonds. The summed E-state index contributed by atoms with van der Waals surface area (Å²) in [6.45, 7) is 8.70. The molecular weight excluding hydrogens is 268 g/mol. The molecule has 1 aliphatic heterocycles. The summed E-state index contributed by atoms with van der Waals surface area (Å²) in [5, 5.41) is 8.96. The van der Waals surface area contributed by atoms with E-state index in [0.717, 1.165) is 44.7 Å². The van der Waals surface area contributed by atoms with Crippen LogP contribution in [0.1, 0.15) is 26.0 Å². The number of hydrogen-bond donors (Lipinski definition) is 2. The van der Waals surface area contributed by atoms with Gasteiger partial charge < -0.3 is 10.0 Å². The smallest absolute Gasteiger partial charge is 0.252 e. The number of nitrogens with zero attached hydrogens (tertiary/aromatic N) is 3. The van der Waals surface area contributed by atoms with Gasteiger partial charge in [0, 0.05) is 44.5 Å². The molecule has 1 aliphatic rings. The second-order valence-electron chi connectivity index (χ2n) is 6.05. The van der Waals surface area contributed by atoms with Gasteiger partial charge in [-0.1, -0.05) is 13.8 Å². The Kier molecular flexibility index (Phi) is 5.76. The summed E-state index contributed by atoms with van der Waals surface area (Å²) in [5.74, 6) is 1.29. The predicted octanol–water partition coefficient (Wildman–Crippen LogP) is 0.473. The monoisotopic (exact) mass is 294 g/mol. The number of H-pyrrole nitrogens is 1. The molecule has 1 aromatic heterocycles. The Balaban J connectivity index is 2.01. The quantitative estimate of drug-likeness (QED) is 0.798. The summed E-state index contributed by atoms with van der Waals surface area (Å²) in [7, 11) is 0. The van der Waals surface area contributed by atoms with Crippen molar-refractivity contribution in [1.82, 2.24) is 14.9 Å². The lowest BCUT2D eigenvalue weighted by Crippen LogP contribution is -2.48. The van der Waals surface area contributed by atoms with Gasteiger partial charge in [-0.2, -0.15) is 0 Å². The number of anilines is 1. The van der Waals surface area contributed by atoms with Crippen molar-refractivity contribution < 1.29 is 5.11 Å². The average Bonchev–Trinajstić information content (AvgIpc) is 2.46. The van der Waals surface area contributed by atoms with Crippen LogP contribution in [0.25, 0.3) is 0 Å². The van der Waals surface area contributed by atoms with Gasteiger partial charge in [0.15, 0.2) is 0 Å². The maximum atomic E-state index is 11.8. The lowest BCUT2D eigenvalue weighted by Gasteiger charge is -2.34. The van der Waals surface area contributed by atoms with Gasteiger partial charge in [0.1, 0.15) is 0 Å².